The number of anilines is 1. The number of aromatic nitrogens is 2. The van der Waals surface area contributed by atoms with Crippen molar-refractivity contribution in [3.8, 4) is 0 Å². The van der Waals surface area contributed by atoms with E-state index < -0.39 is 21.8 Å². The number of nitrogens with one attached hydrogen (secondary N) is 1. The van der Waals surface area contributed by atoms with Crippen LogP contribution in [0.5, 0.6) is 0 Å². The molecule has 0 atom stereocenters. The van der Waals surface area contributed by atoms with Gasteiger partial charge in [0, 0.05) is 31.9 Å². The molecular weight excluding hydrogens is 345 g/mol. The van der Waals surface area contributed by atoms with Gasteiger partial charge in [-0.15, -0.1) is 0 Å². The van der Waals surface area contributed by atoms with Crippen molar-refractivity contribution >= 4 is 15.7 Å². The fourth-order valence-electron chi connectivity index (χ4n) is 2.59. The highest BCUT2D eigenvalue weighted by atomic mass is 32.2. The Morgan fingerprint density at radius 2 is 1.83 bits per heavy atom. The smallest absolute Gasteiger partial charge is 0.369 e. The number of piperazine rings is 1. The molecule has 10 heteroatoms. The fourth-order valence-corrected chi connectivity index (χ4v) is 3.91. The van der Waals surface area contributed by atoms with E-state index in [0.29, 0.717) is 18.8 Å². The second kappa shape index (κ2) is 6.10. The molecule has 3 rings (SSSR count). The molecule has 1 aromatic carbocycles. The lowest BCUT2D eigenvalue weighted by atomic mass is 10.1. The van der Waals surface area contributed by atoms with Crippen molar-refractivity contribution in [1.82, 2.24) is 14.3 Å². The van der Waals surface area contributed by atoms with Crippen LogP contribution in [0.15, 0.2) is 41.8 Å². The zero-order chi connectivity index (χ0) is 17.4. The van der Waals surface area contributed by atoms with Crippen molar-refractivity contribution < 1.29 is 21.6 Å². The lowest BCUT2D eigenvalue weighted by Crippen LogP contribution is -2.48. The summed E-state index contributed by atoms with van der Waals surface area (Å²) in [6.07, 6.45) is -1.89. The van der Waals surface area contributed by atoms with Crippen molar-refractivity contribution in [2.45, 2.75) is 11.2 Å². The molecule has 0 bridgehead atoms. The number of imidazole rings is 1. The summed E-state index contributed by atoms with van der Waals surface area (Å²) in [7, 11) is -3.65. The molecule has 0 saturated carbocycles. The molecule has 130 valence electrons. The second-order valence-electron chi connectivity index (χ2n) is 5.36. The van der Waals surface area contributed by atoms with Gasteiger partial charge in [-0.1, -0.05) is 6.07 Å². The van der Waals surface area contributed by atoms with Crippen LogP contribution < -0.4 is 4.90 Å². The quantitative estimate of drug-likeness (QED) is 0.908. The van der Waals surface area contributed by atoms with Crippen LogP contribution in [0.4, 0.5) is 18.9 Å². The molecule has 1 fully saturated rings. The Kier molecular flexibility index (Phi) is 4.26. The Balaban J connectivity index is 1.72. The predicted octanol–water partition coefficient (Wildman–Crippen LogP) is 1.94. The largest absolute Gasteiger partial charge is 0.416 e. The number of alkyl halides is 3. The van der Waals surface area contributed by atoms with E-state index in [1.807, 2.05) is 0 Å². The second-order valence-corrected chi connectivity index (χ2v) is 7.26. The molecule has 2 heterocycles. The van der Waals surface area contributed by atoms with Crippen LogP contribution in [-0.2, 0) is 16.2 Å². The highest BCUT2D eigenvalue weighted by Gasteiger charge is 2.32. The zero-order valence-corrected chi connectivity index (χ0v) is 13.3. The molecule has 24 heavy (non-hydrogen) atoms. The lowest BCUT2D eigenvalue weighted by Gasteiger charge is -2.35. The first-order valence-electron chi connectivity index (χ1n) is 7.19. The summed E-state index contributed by atoms with van der Waals surface area (Å²) in [4.78, 5) is 8.01. The molecule has 0 spiro atoms. The van der Waals surface area contributed by atoms with Crippen LogP contribution in [0, 0.1) is 0 Å². The van der Waals surface area contributed by atoms with Gasteiger partial charge < -0.3 is 9.88 Å². The van der Waals surface area contributed by atoms with Crippen LogP contribution in [0.25, 0.3) is 0 Å². The Morgan fingerprint density at radius 3 is 2.42 bits per heavy atom. The Labute approximate surface area is 137 Å². The molecule has 1 aliphatic heterocycles. The Hall–Kier alpha value is -2.07. The third-order valence-electron chi connectivity index (χ3n) is 3.87. The van der Waals surface area contributed by atoms with Crippen molar-refractivity contribution in [2.24, 2.45) is 0 Å². The van der Waals surface area contributed by atoms with Crippen molar-refractivity contribution in [2.75, 3.05) is 31.1 Å². The molecule has 1 aliphatic rings. The number of halogens is 3. The van der Waals surface area contributed by atoms with E-state index in [2.05, 4.69) is 9.97 Å². The van der Waals surface area contributed by atoms with Crippen molar-refractivity contribution in [3.05, 3.63) is 42.4 Å². The summed E-state index contributed by atoms with van der Waals surface area (Å²) in [6, 6.07) is 5.04. The van der Waals surface area contributed by atoms with Gasteiger partial charge in [-0.3, -0.25) is 0 Å². The van der Waals surface area contributed by atoms with E-state index in [1.54, 1.807) is 11.0 Å². The van der Waals surface area contributed by atoms with E-state index in [-0.39, 0.29) is 18.1 Å². The summed E-state index contributed by atoms with van der Waals surface area (Å²) in [5, 5.41) is 0.00928. The van der Waals surface area contributed by atoms with Crippen LogP contribution in [0.2, 0.25) is 0 Å². The average Bonchev–Trinajstić information content (AvgIpc) is 3.10. The van der Waals surface area contributed by atoms with Gasteiger partial charge in [-0.05, 0) is 18.2 Å². The van der Waals surface area contributed by atoms with Gasteiger partial charge in [-0.25, -0.2) is 13.4 Å². The number of nitrogens with zero attached hydrogens (tertiary/aromatic N) is 3. The minimum Gasteiger partial charge on any atom is -0.369 e. The van der Waals surface area contributed by atoms with Gasteiger partial charge in [0.05, 0.1) is 18.1 Å². The number of hydrogen-bond donors (Lipinski definition) is 1. The summed E-state index contributed by atoms with van der Waals surface area (Å²) in [5.41, 5.74) is -0.282. The third-order valence-corrected chi connectivity index (χ3v) is 5.69. The van der Waals surface area contributed by atoms with Crippen molar-refractivity contribution in [3.63, 3.8) is 0 Å². The van der Waals surface area contributed by atoms with Crippen LogP contribution in [0.1, 0.15) is 5.56 Å². The normalized spacial score (nSPS) is 17.2. The van der Waals surface area contributed by atoms with E-state index in [4.69, 9.17) is 0 Å². The van der Waals surface area contributed by atoms with Gasteiger partial charge in [-0.2, -0.15) is 17.5 Å². The maximum absolute atomic E-state index is 12.8. The highest BCUT2D eigenvalue weighted by Crippen LogP contribution is 2.32. The van der Waals surface area contributed by atoms with Crippen LogP contribution in [0.3, 0.4) is 0 Å². The molecular formula is C14H15F3N4O2S. The van der Waals surface area contributed by atoms with Gasteiger partial charge in [0.15, 0.2) is 5.03 Å². The van der Waals surface area contributed by atoms with Gasteiger partial charge >= 0.3 is 6.18 Å². The first-order chi connectivity index (χ1) is 11.3. The third kappa shape index (κ3) is 3.24. The van der Waals surface area contributed by atoms with Gasteiger partial charge in [0.25, 0.3) is 10.0 Å². The minimum absolute atomic E-state index is 0.00928. The molecule has 0 radical (unpaired) electrons. The summed E-state index contributed by atoms with van der Waals surface area (Å²) >= 11 is 0. The number of aromatic amines is 1. The van der Waals surface area contributed by atoms with E-state index >= 15 is 0 Å². The van der Waals surface area contributed by atoms with Gasteiger partial charge in [0.1, 0.15) is 0 Å². The number of hydrogen-bond acceptors (Lipinski definition) is 4. The molecule has 0 aliphatic carbocycles. The highest BCUT2D eigenvalue weighted by molar-refractivity contribution is 7.89. The zero-order valence-electron chi connectivity index (χ0n) is 12.5. The number of benzene rings is 1. The standard InChI is InChI=1S/C14H15F3N4O2S/c15-14(16,17)11-2-1-3-12(8-11)20-4-6-21(7-5-20)24(22,23)13-9-18-10-19-13/h1-3,8-10H,4-7H2,(H,18,19). The first kappa shape index (κ1) is 16.8. The summed E-state index contributed by atoms with van der Waals surface area (Å²) in [5.74, 6) is 0. The maximum atomic E-state index is 12.8. The summed E-state index contributed by atoms with van der Waals surface area (Å²) < 4.78 is 64.4. The fraction of sp³-hybridized carbons (Fsp3) is 0.357. The molecule has 2 aromatic rings. The van der Waals surface area contributed by atoms with Crippen molar-refractivity contribution in [1.29, 1.82) is 0 Å². The molecule has 1 saturated heterocycles. The van der Waals surface area contributed by atoms with Crippen LogP contribution >= 0.6 is 0 Å². The maximum Gasteiger partial charge on any atom is 0.416 e. The number of H-pyrrole nitrogens is 1. The van der Waals surface area contributed by atoms with E-state index in [1.165, 1.54) is 22.9 Å². The van der Waals surface area contributed by atoms with Gasteiger partial charge in [0.2, 0.25) is 0 Å². The SMILES string of the molecule is O=S(=O)(c1cnc[nH]1)N1CCN(c2cccc(C(F)(F)F)c2)CC1. The topological polar surface area (TPSA) is 69.3 Å². The molecule has 1 N–H and O–H groups in total. The summed E-state index contributed by atoms with van der Waals surface area (Å²) in [6.45, 7) is 1.01. The predicted molar refractivity (Wildman–Crippen MR) is 81.0 cm³/mol. The van der Waals surface area contributed by atoms with Crippen LogP contribution in [-0.4, -0.2) is 48.9 Å². The molecule has 0 unspecified atom stereocenters. The lowest BCUT2D eigenvalue weighted by molar-refractivity contribution is -0.137. The Bertz CT molecular complexity index is 798. The minimum atomic E-state index is -4.40. The molecule has 1 aromatic heterocycles. The number of sulfonamides is 1. The molecule has 0 amide bonds. The first-order valence-corrected chi connectivity index (χ1v) is 8.63. The monoisotopic (exact) mass is 360 g/mol. The molecule has 6 nitrogen and oxygen atoms in total. The number of rotatable bonds is 3. The van der Waals surface area contributed by atoms with E-state index in [0.717, 1.165) is 12.1 Å². The average molecular weight is 360 g/mol. The van der Waals surface area contributed by atoms with E-state index in [9.17, 15) is 21.6 Å². The Morgan fingerprint density at radius 1 is 1.12 bits per heavy atom.